The molecule has 1 amide bonds. The van der Waals surface area contributed by atoms with Gasteiger partial charge in [0, 0.05) is 144 Å². The predicted molar refractivity (Wildman–Crippen MR) is 208 cm³/mol. The van der Waals surface area contributed by atoms with Gasteiger partial charge in [0.05, 0.1) is 58.0 Å². The second-order valence-corrected chi connectivity index (χ2v) is 13.8. The zero-order chi connectivity index (χ0) is 40.0. The molecule has 0 saturated carbocycles. The monoisotopic (exact) mass is 783 g/mol. The van der Waals surface area contributed by atoms with Crippen molar-refractivity contribution < 1.29 is 54.0 Å². The molecule has 54 heavy (non-hydrogen) atoms. The van der Waals surface area contributed by atoms with E-state index in [0.717, 1.165) is 0 Å². The molecule has 4 unspecified atom stereocenters. The number of nitrogens with zero attached hydrogens (tertiary/aromatic N) is 6. The lowest BCUT2D eigenvalue weighted by atomic mass is 10.2. The first kappa shape index (κ1) is 50.7. The standard InChI is InChI=1S/C37H78N6O11/c1-6-51-29-33(45)25-39-14-12-38(11-10-24-44)13-15-40(26-34(46)30-52-7-2)17-19-42(28-36(48)32-54-9-4)21-23-43(37(49)50-5)22-20-41(18-16-39)27-35(47)31-53-8-3/h33-36,44-48H,6-32H2,1-5H3. The van der Waals surface area contributed by atoms with E-state index in [1.54, 1.807) is 4.90 Å². The Morgan fingerprint density at radius 1 is 0.500 bits per heavy atom. The van der Waals surface area contributed by atoms with Crippen molar-refractivity contribution in [3.8, 4) is 0 Å². The van der Waals surface area contributed by atoms with Crippen molar-refractivity contribution in [1.82, 2.24) is 29.4 Å². The van der Waals surface area contributed by atoms with Gasteiger partial charge < -0.3 is 59.0 Å². The maximum absolute atomic E-state index is 13.1. The number of hydrogen-bond acceptors (Lipinski definition) is 16. The van der Waals surface area contributed by atoms with E-state index in [4.69, 9.17) is 23.7 Å². The Morgan fingerprint density at radius 2 is 0.778 bits per heavy atom. The van der Waals surface area contributed by atoms with Crippen LogP contribution in [0.25, 0.3) is 0 Å². The first-order valence-corrected chi connectivity index (χ1v) is 20.2. The highest BCUT2D eigenvalue weighted by Gasteiger charge is 2.23. The van der Waals surface area contributed by atoms with Crippen LogP contribution in [0.2, 0.25) is 0 Å². The van der Waals surface area contributed by atoms with Gasteiger partial charge in [-0.3, -0.25) is 19.6 Å². The van der Waals surface area contributed by atoms with Gasteiger partial charge in [0.2, 0.25) is 0 Å². The fraction of sp³-hybridized carbons (Fsp3) is 0.973. The molecular formula is C37H78N6O11. The number of aliphatic hydroxyl groups is 5. The van der Waals surface area contributed by atoms with Gasteiger partial charge in [0.1, 0.15) is 0 Å². The third-order valence-corrected chi connectivity index (χ3v) is 9.30. The number of amides is 1. The average Bonchev–Trinajstić information content (AvgIpc) is 3.16. The molecule has 1 aliphatic heterocycles. The molecule has 0 aromatic rings. The molecular weight excluding hydrogens is 704 g/mol. The van der Waals surface area contributed by atoms with E-state index in [1.807, 2.05) is 27.7 Å². The molecule has 0 radical (unpaired) electrons. The summed E-state index contributed by atoms with van der Waals surface area (Å²) >= 11 is 0. The van der Waals surface area contributed by atoms with Crippen LogP contribution in [0.4, 0.5) is 4.79 Å². The fourth-order valence-electron chi connectivity index (χ4n) is 6.30. The maximum Gasteiger partial charge on any atom is 0.409 e. The molecule has 1 saturated heterocycles. The zero-order valence-electron chi connectivity index (χ0n) is 34.3. The number of methoxy groups -OCH3 is 1. The Hall–Kier alpha value is -1.29. The number of ether oxygens (including phenoxy) is 5. The van der Waals surface area contributed by atoms with E-state index < -0.39 is 30.5 Å². The maximum atomic E-state index is 13.1. The summed E-state index contributed by atoms with van der Waals surface area (Å²) in [6, 6.07) is 0. The largest absolute Gasteiger partial charge is 0.453 e. The van der Waals surface area contributed by atoms with Gasteiger partial charge in [0.25, 0.3) is 0 Å². The van der Waals surface area contributed by atoms with Crippen LogP contribution in [0.1, 0.15) is 34.1 Å². The second kappa shape index (κ2) is 32.8. The van der Waals surface area contributed by atoms with Crippen molar-refractivity contribution >= 4 is 6.09 Å². The molecule has 1 heterocycles. The van der Waals surface area contributed by atoms with Crippen molar-refractivity contribution in [2.45, 2.75) is 58.5 Å². The first-order chi connectivity index (χ1) is 26.1. The molecule has 1 aliphatic rings. The minimum atomic E-state index is -0.724. The average molecular weight is 783 g/mol. The summed E-state index contributed by atoms with van der Waals surface area (Å²) in [4.78, 5) is 25.7. The van der Waals surface area contributed by atoms with Gasteiger partial charge in [-0.05, 0) is 34.1 Å². The highest BCUT2D eigenvalue weighted by atomic mass is 16.5. The van der Waals surface area contributed by atoms with E-state index in [1.165, 1.54) is 7.11 Å². The number of carbonyl (C=O) groups is 1. The molecule has 4 atom stereocenters. The van der Waals surface area contributed by atoms with Crippen molar-refractivity contribution in [3.63, 3.8) is 0 Å². The number of rotatable bonds is 23. The summed E-state index contributed by atoms with van der Waals surface area (Å²) < 4.78 is 27.2. The van der Waals surface area contributed by atoms with E-state index >= 15 is 0 Å². The molecule has 1 fully saturated rings. The molecule has 0 aromatic carbocycles. The van der Waals surface area contributed by atoms with Gasteiger partial charge >= 0.3 is 6.09 Å². The van der Waals surface area contributed by atoms with Crippen LogP contribution in [-0.4, -0.2) is 263 Å². The Labute approximate surface area is 325 Å². The van der Waals surface area contributed by atoms with E-state index in [-0.39, 0.29) is 33.0 Å². The van der Waals surface area contributed by atoms with Crippen molar-refractivity contribution in [2.24, 2.45) is 0 Å². The number of β-amino-alcohol motifs (C(OH)–C–C–N with tert-alkyl or cyclic N) is 4. The highest BCUT2D eigenvalue weighted by molar-refractivity contribution is 5.67. The molecule has 5 N–H and O–H groups in total. The van der Waals surface area contributed by atoms with Crippen molar-refractivity contribution in [2.75, 3.05) is 178 Å². The van der Waals surface area contributed by atoms with Crippen LogP contribution in [0.3, 0.4) is 0 Å². The summed E-state index contributed by atoms with van der Waals surface area (Å²) in [5, 5.41) is 53.1. The van der Waals surface area contributed by atoms with Crippen LogP contribution >= 0.6 is 0 Å². The molecule has 0 aliphatic carbocycles. The number of aliphatic hydroxyl groups excluding tert-OH is 5. The minimum Gasteiger partial charge on any atom is -0.453 e. The first-order valence-electron chi connectivity index (χ1n) is 20.2. The lowest BCUT2D eigenvalue weighted by molar-refractivity contribution is 0.00369. The number of hydrogen-bond donors (Lipinski definition) is 5. The minimum absolute atomic E-state index is 0.0741. The fourth-order valence-corrected chi connectivity index (χ4v) is 6.30. The SMILES string of the molecule is CCOCC(O)CN1CCN(CCCO)CCN(CC(O)COCC)CCN(CC(O)COCC)CCN(C(=O)OC)CCN(CC(O)COCC)CC1. The molecule has 17 heteroatoms. The van der Waals surface area contributed by atoms with Crippen LogP contribution in [0.5, 0.6) is 0 Å². The van der Waals surface area contributed by atoms with Crippen molar-refractivity contribution in [1.29, 1.82) is 0 Å². The molecule has 17 nitrogen and oxygen atoms in total. The van der Waals surface area contributed by atoms with Crippen LogP contribution < -0.4 is 0 Å². The summed E-state index contributed by atoms with van der Waals surface area (Å²) in [7, 11) is 1.36. The Kier molecular flexibility index (Phi) is 30.8. The van der Waals surface area contributed by atoms with Gasteiger partial charge in [-0.15, -0.1) is 0 Å². The molecule has 322 valence electrons. The topological polar surface area (TPSA) is 184 Å². The quantitative estimate of drug-likeness (QED) is 0.0811. The van der Waals surface area contributed by atoms with E-state index in [0.29, 0.717) is 144 Å². The van der Waals surface area contributed by atoms with Crippen LogP contribution in [0, 0.1) is 0 Å². The molecule has 0 spiro atoms. The van der Waals surface area contributed by atoms with Crippen molar-refractivity contribution in [3.05, 3.63) is 0 Å². The lowest BCUT2D eigenvalue weighted by Gasteiger charge is -2.35. The van der Waals surface area contributed by atoms with Crippen LogP contribution in [0.15, 0.2) is 0 Å². The van der Waals surface area contributed by atoms with Gasteiger partial charge in [-0.1, -0.05) is 0 Å². The summed E-state index contributed by atoms with van der Waals surface area (Å²) in [6.45, 7) is 19.3. The van der Waals surface area contributed by atoms with E-state index in [9.17, 15) is 30.3 Å². The van der Waals surface area contributed by atoms with Gasteiger partial charge in [-0.25, -0.2) is 4.79 Å². The summed E-state index contributed by atoms with van der Waals surface area (Å²) in [5.41, 5.74) is 0. The highest BCUT2D eigenvalue weighted by Crippen LogP contribution is 2.07. The normalized spacial score (nSPS) is 20.3. The lowest BCUT2D eigenvalue weighted by Crippen LogP contribution is -2.50. The Morgan fingerprint density at radius 3 is 1.04 bits per heavy atom. The Bertz CT molecular complexity index is 832. The molecule has 0 bridgehead atoms. The molecule has 1 rings (SSSR count). The summed E-state index contributed by atoms with van der Waals surface area (Å²) in [5.74, 6) is 0. The third-order valence-electron chi connectivity index (χ3n) is 9.30. The third kappa shape index (κ3) is 25.1. The number of carbonyl (C=O) groups excluding carboxylic acids is 1. The van der Waals surface area contributed by atoms with Gasteiger partial charge in [0.15, 0.2) is 0 Å². The smallest absolute Gasteiger partial charge is 0.409 e. The van der Waals surface area contributed by atoms with E-state index in [2.05, 4.69) is 24.5 Å². The summed E-state index contributed by atoms with van der Waals surface area (Å²) in [6.07, 6.45) is -2.66. The zero-order valence-corrected chi connectivity index (χ0v) is 34.3. The Balaban J connectivity index is 3.46. The second-order valence-electron chi connectivity index (χ2n) is 13.8. The van der Waals surface area contributed by atoms with Gasteiger partial charge in [-0.2, -0.15) is 0 Å². The molecule has 0 aromatic heterocycles. The van der Waals surface area contributed by atoms with Crippen LogP contribution in [-0.2, 0) is 23.7 Å². The predicted octanol–water partition coefficient (Wildman–Crippen LogP) is -1.45.